The van der Waals surface area contributed by atoms with Crippen molar-refractivity contribution in [2.75, 3.05) is 19.8 Å². The van der Waals surface area contributed by atoms with Crippen molar-refractivity contribution in [1.29, 1.82) is 5.26 Å². The Bertz CT molecular complexity index is 961. The first-order chi connectivity index (χ1) is 13.8. The molecule has 140 valence electrons. The van der Waals surface area contributed by atoms with Gasteiger partial charge < -0.3 is 9.47 Å². The molecule has 2 heterocycles. The van der Waals surface area contributed by atoms with Gasteiger partial charge in [-0.1, -0.05) is 48.5 Å². The molecule has 2 aromatic rings. The molecule has 3 aliphatic rings. The van der Waals surface area contributed by atoms with Gasteiger partial charge in [-0.15, -0.1) is 0 Å². The summed E-state index contributed by atoms with van der Waals surface area (Å²) in [6.07, 6.45) is 2.03. The molecule has 2 aliphatic heterocycles. The maximum absolute atomic E-state index is 12.9. The average molecular weight is 372 g/mol. The molecular formula is C23H20N2O3. The summed E-state index contributed by atoms with van der Waals surface area (Å²) in [5.74, 6) is 0.0439. The molecule has 2 atom stereocenters. The molecule has 2 aromatic carbocycles. The van der Waals surface area contributed by atoms with Crippen LogP contribution < -0.4 is 0 Å². The highest BCUT2D eigenvalue weighted by Gasteiger charge is 2.39. The van der Waals surface area contributed by atoms with Gasteiger partial charge in [0.05, 0.1) is 31.4 Å². The van der Waals surface area contributed by atoms with Gasteiger partial charge in [-0.3, -0.25) is 4.90 Å². The first kappa shape index (κ1) is 17.0. The molecule has 1 saturated heterocycles. The second-order valence-corrected chi connectivity index (χ2v) is 7.48. The summed E-state index contributed by atoms with van der Waals surface area (Å²) in [7, 11) is 0. The molecule has 5 heteroatoms. The SMILES string of the molecule is N#CC1=CC2COCC(C1)N2C(=O)OCC1c2ccccc2-c2ccccc21. The van der Waals surface area contributed by atoms with Crippen LogP contribution in [-0.2, 0) is 9.47 Å². The van der Waals surface area contributed by atoms with Gasteiger partial charge in [-0.05, 0) is 28.3 Å². The molecule has 0 N–H and O–H groups in total. The van der Waals surface area contributed by atoms with E-state index in [9.17, 15) is 10.1 Å². The predicted molar refractivity (Wildman–Crippen MR) is 104 cm³/mol. The van der Waals surface area contributed by atoms with E-state index >= 15 is 0 Å². The maximum Gasteiger partial charge on any atom is 0.410 e. The van der Waals surface area contributed by atoms with Crippen LogP contribution in [0.15, 0.2) is 60.2 Å². The summed E-state index contributed by atoms with van der Waals surface area (Å²) in [5, 5.41) is 9.21. The Hall–Kier alpha value is -3.10. The van der Waals surface area contributed by atoms with Crippen LogP contribution in [0.1, 0.15) is 23.5 Å². The van der Waals surface area contributed by atoms with Gasteiger partial charge in [0, 0.05) is 17.9 Å². The van der Waals surface area contributed by atoms with Gasteiger partial charge in [0.1, 0.15) is 6.61 Å². The van der Waals surface area contributed by atoms with Crippen LogP contribution in [0.25, 0.3) is 11.1 Å². The Morgan fingerprint density at radius 1 is 1.11 bits per heavy atom. The van der Waals surface area contributed by atoms with Gasteiger partial charge in [-0.2, -0.15) is 5.26 Å². The van der Waals surface area contributed by atoms with E-state index in [1.807, 2.05) is 30.3 Å². The lowest BCUT2D eigenvalue weighted by molar-refractivity contribution is -0.0355. The first-order valence-corrected chi connectivity index (χ1v) is 9.58. The van der Waals surface area contributed by atoms with E-state index in [4.69, 9.17) is 9.47 Å². The van der Waals surface area contributed by atoms with Gasteiger partial charge in [0.15, 0.2) is 0 Å². The number of rotatable bonds is 2. The van der Waals surface area contributed by atoms with Crippen molar-refractivity contribution < 1.29 is 14.3 Å². The minimum atomic E-state index is -0.326. The monoisotopic (exact) mass is 372 g/mol. The lowest BCUT2D eigenvalue weighted by Gasteiger charge is -2.42. The fourth-order valence-corrected chi connectivity index (χ4v) is 4.63. The van der Waals surface area contributed by atoms with Gasteiger partial charge in [0.25, 0.3) is 0 Å². The number of benzene rings is 2. The number of hydrogen-bond donors (Lipinski definition) is 0. The molecule has 1 amide bonds. The number of ether oxygens (including phenoxy) is 2. The van der Waals surface area contributed by atoms with E-state index in [0.29, 0.717) is 26.2 Å². The highest BCUT2D eigenvalue weighted by atomic mass is 16.6. The summed E-state index contributed by atoms with van der Waals surface area (Å²) >= 11 is 0. The van der Waals surface area contributed by atoms with Crippen molar-refractivity contribution >= 4 is 6.09 Å². The third-order valence-electron chi connectivity index (χ3n) is 5.89. The maximum atomic E-state index is 12.9. The number of carbonyl (C=O) groups excluding carboxylic acids is 1. The molecule has 5 rings (SSSR count). The van der Waals surface area contributed by atoms with E-state index in [1.165, 1.54) is 22.3 Å². The molecule has 0 spiro atoms. The van der Waals surface area contributed by atoms with E-state index in [2.05, 4.69) is 30.3 Å². The largest absolute Gasteiger partial charge is 0.448 e. The quantitative estimate of drug-likeness (QED) is 0.803. The summed E-state index contributed by atoms with van der Waals surface area (Å²) in [6, 6.07) is 18.5. The lowest BCUT2D eigenvalue weighted by atomic mass is 9.95. The molecule has 1 aliphatic carbocycles. The van der Waals surface area contributed by atoms with Crippen LogP contribution in [0.3, 0.4) is 0 Å². The lowest BCUT2D eigenvalue weighted by Crippen LogP contribution is -2.56. The van der Waals surface area contributed by atoms with Crippen molar-refractivity contribution in [2.24, 2.45) is 0 Å². The van der Waals surface area contributed by atoms with E-state index in [1.54, 1.807) is 4.90 Å². The van der Waals surface area contributed by atoms with Crippen LogP contribution in [0.2, 0.25) is 0 Å². The van der Waals surface area contributed by atoms with E-state index < -0.39 is 0 Å². The van der Waals surface area contributed by atoms with Crippen molar-refractivity contribution in [2.45, 2.75) is 24.4 Å². The zero-order valence-electron chi connectivity index (χ0n) is 15.4. The molecule has 0 radical (unpaired) electrons. The summed E-state index contributed by atoms with van der Waals surface area (Å²) in [4.78, 5) is 14.7. The first-order valence-electron chi connectivity index (χ1n) is 9.58. The number of carbonyl (C=O) groups is 1. The normalized spacial score (nSPS) is 22.7. The summed E-state index contributed by atoms with van der Waals surface area (Å²) in [5.41, 5.74) is 5.55. The minimum absolute atomic E-state index is 0.0439. The van der Waals surface area contributed by atoms with Crippen molar-refractivity contribution in [3.05, 3.63) is 71.3 Å². The fraction of sp³-hybridized carbons (Fsp3) is 0.304. The van der Waals surface area contributed by atoms with Crippen LogP contribution in [0, 0.1) is 11.3 Å². The molecule has 2 unspecified atom stereocenters. The Kier molecular flexibility index (Phi) is 4.14. The number of fused-ring (bicyclic) bond motifs is 5. The number of amides is 1. The summed E-state index contributed by atoms with van der Waals surface area (Å²) in [6.45, 7) is 1.16. The fourth-order valence-electron chi connectivity index (χ4n) is 4.63. The molecule has 2 bridgehead atoms. The Morgan fingerprint density at radius 2 is 1.79 bits per heavy atom. The molecular weight excluding hydrogens is 352 g/mol. The average Bonchev–Trinajstić information content (AvgIpc) is 3.05. The second-order valence-electron chi connectivity index (χ2n) is 7.48. The number of hydrogen-bond acceptors (Lipinski definition) is 4. The van der Waals surface area contributed by atoms with E-state index in [0.717, 1.165) is 5.57 Å². The van der Waals surface area contributed by atoms with Crippen LogP contribution >= 0.6 is 0 Å². The molecule has 0 aromatic heterocycles. The van der Waals surface area contributed by atoms with Gasteiger partial charge in [-0.25, -0.2) is 4.79 Å². The van der Waals surface area contributed by atoms with Crippen molar-refractivity contribution in [1.82, 2.24) is 4.90 Å². The standard InChI is InChI=1S/C23H20N2O3/c24-11-15-9-16-12-27-13-17(10-15)25(16)23(26)28-14-22-20-7-3-1-5-18(20)19-6-2-4-8-21(19)22/h1-9,16-17,22H,10,12-14H2. The van der Waals surface area contributed by atoms with Crippen LogP contribution in [0.5, 0.6) is 0 Å². The molecule has 28 heavy (non-hydrogen) atoms. The van der Waals surface area contributed by atoms with Gasteiger partial charge in [0.2, 0.25) is 0 Å². The van der Waals surface area contributed by atoms with Crippen LogP contribution in [0.4, 0.5) is 4.79 Å². The zero-order valence-corrected chi connectivity index (χ0v) is 15.4. The number of nitriles is 1. The zero-order chi connectivity index (χ0) is 19.1. The summed E-state index contributed by atoms with van der Waals surface area (Å²) < 4.78 is 11.4. The van der Waals surface area contributed by atoms with Crippen molar-refractivity contribution in [3.8, 4) is 17.2 Å². The Labute approximate surface area is 163 Å². The highest BCUT2D eigenvalue weighted by molar-refractivity contribution is 5.79. The van der Waals surface area contributed by atoms with E-state index in [-0.39, 0.29) is 24.1 Å². The Balaban J connectivity index is 1.37. The molecule has 0 saturated carbocycles. The topological polar surface area (TPSA) is 62.6 Å². The molecule has 1 fully saturated rings. The van der Waals surface area contributed by atoms with Gasteiger partial charge >= 0.3 is 6.09 Å². The second kappa shape index (κ2) is 6.81. The Morgan fingerprint density at radius 3 is 2.43 bits per heavy atom. The predicted octanol–water partition coefficient (Wildman–Crippen LogP) is 3.86. The van der Waals surface area contributed by atoms with Crippen LogP contribution in [-0.4, -0.2) is 42.9 Å². The third kappa shape index (κ3) is 2.69. The number of nitrogens with zero attached hydrogens (tertiary/aromatic N) is 2. The molecule has 5 nitrogen and oxygen atoms in total. The third-order valence-corrected chi connectivity index (χ3v) is 5.89. The smallest absolute Gasteiger partial charge is 0.410 e. The highest BCUT2D eigenvalue weighted by Crippen LogP contribution is 2.44. The number of morpholine rings is 1. The van der Waals surface area contributed by atoms with Crippen molar-refractivity contribution in [3.63, 3.8) is 0 Å². The minimum Gasteiger partial charge on any atom is -0.448 e.